The van der Waals surface area contributed by atoms with Crippen molar-refractivity contribution in [2.75, 3.05) is 19.8 Å². The molecule has 2 aromatic carbocycles. The quantitative estimate of drug-likeness (QED) is 0.679. The summed E-state index contributed by atoms with van der Waals surface area (Å²) in [5.74, 6) is 2.48. The molecular weight excluding hydrogens is 264 g/mol. The molecule has 0 saturated carbocycles. The molecule has 0 aliphatic carbocycles. The second-order valence-electron chi connectivity index (χ2n) is 4.74. The van der Waals surface area contributed by atoms with Gasteiger partial charge in [-0.15, -0.1) is 0 Å². The Labute approximate surface area is 126 Å². The lowest BCUT2D eigenvalue weighted by atomic mass is 10.2. The minimum Gasteiger partial charge on any atom is -0.493 e. The van der Waals surface area contributed by atoms with Crippen molar-refractivity contribution in [2.24, 2.45) is 0 Å². The van der Waals surface area contributed by atoms with Gasteiger partial charge in [0.05, 0.1) is 19.8 Å². The SMILES string of the molecule is CCOc1ccccc1OCCCOc1ccc(C)cc1. The number of hydrogen-bond acceptors (Lipinski definition) is 3. The van der Waals surface area contributed by atoms with Crippen LogP contribution in [0, 0.1) is 6.92 Å². The van der Waals surface area contributed by atoms with E-state index in [1.165, 1.54) is 5.56 Å². The van der Waals surface area contributed by atoms with Gasteiger partial charge in [0.15, 0.2) is 11.5 Å². The molecule has 0 N–H and O–H groups in total. The van der Waals surface area contributed by atoms with Gasteiger partial charge in [0.1, 0.15) is 5.75 Å². The van der Waals surface area contributed by atoms with Crippen LogP contribution in [0.2, 0.25) is 0 Å². The number of hydrogen-bond donors (Lipinski definition) is 0. The summed E-state index contributed by atoms with van der Waals surface area (Å²) in [6.45, 7) is 5.91. The van der Waals surface area contributed by atoms with Crippen molar-refractivity contribution in [1.82, 2.24) is 0 Å². The van der Waals surface area contributed by atoms with Crippen LogP contribution in [0.5, 0.6) is 17.2 Å². The monoisotopic (exact) mass is 286 g/mol. The minimum absolute atomic E-state index is 0.607. The van der Waals surface area contributed by atoms with Gasteiger partial charge in [-0.3, -0.25) is 0 Å². The first-order valence-electron chi connectivity index (χ1n) is 7.33. The van der Waals surface area contributed by atoms with Crippen molar-refractivity contribution in [3.05, 3.63) is 54.1 Å². The van der Waals surface area contributed by atoms with Crippen LogP contribution < -0.4 is 14.2 Å². The number of para-hydroxylation sites is 2. The maximum absolute atomic E-state index is 5.74. The molecule has 0 saturated heterocycles. The Balaban J connectivity index is 1.71. The Kier molecular flexibility index (Phi) is 5.95. The fourth-order valence-electron chi connectivity index (χ4n) is 1.91. The number of aryl methyl sites for hydroxylation is 1. The molecule has 112 valence electrons. The van der Waals surface area contributed by atoms with Crippen molar-refractivity contribution in [3.8, 4) is 17.2 Å². The van der Waals surface area contributed by atoms with E-state index in [2.05, 4.69) is 6.92 Å². The van der Waals surface area contributed by atoms with Crippen LogP contribution in [0.1, 0.15) is 18.9 Å². The molecule has 0 aliphatic rings. The summed E-state index contributed by atoms with van der Waals surface area (Å²) in [6.07, 6.45) is 0.828. The first kappa shape index (κ1) is 15.2. The van der Waals surface area contributed by atoms with E-state index in [4.69, 9.17) is 14.2 Å². The fraction of sp³-hybridized carbons (Fsp3) is 0.333. The van der Waals surface area contributed by atoms with E-state index >= 15 is 0 Å². The molecule has 0 fully saturated rings. The average Bonchev–Trinajstić information content (AvgIpc) is 2.51. The van der Waals surface area contributed by atoms with Crippen molar-refractivity contribution < 1.29 is 14.2 Å². The summed E-state index contributed by atoms with van der Waals surface area (Å²) in [5, 5.41) is 0. The summed E-state index contributed by atoms with van der Waals surface area (Å²) in [7, 11) is 0. The van der Waals surface area contributed by atoms with Gasteiger partial charge < -0.3 is 14.2 Å². The molecule has 3 heteroatoms. The number of ether oxygens (including phenoxy) is 3. The average molecular weight is 286 g/mol. The van der Waals surface area contributed by atoms with E-state index < -0.39 is 0 Å². The summed E-state index contributed by atoms with van der Waals surface area (Å²) in [4.78, 5) is 0. The molecular formula is C18H22O3. The maximum Gasteiger partial charge on any atom is 0.161 e. The molecule has 0 radical (unpaired) electrons. The van der Waals surface area contributed by atoms with Gasteiger partial charge >= 0.3 is 0 Å². The highest BCUT2D eigenvalue weighted by Gasteiger charge is 2.03. The first-order valence-corrected chi connectivity index (χ1v) is 7.33. The largest absolute Gasteiger partial charge is 0.493 e. The molecule has 0 unspecified atom stereocenters. The van der Waals surface area contributed by atoms with Gasteiger partial charge in [-0.25, -0.2) is 0 Å². The molecule has 0 heterocycles. The lowest BCUT2D eigenvalue weighted by Gasteiger charge is -2.12. The van der Waals surface area contributed by atoms with E-state index in [1.807, 2.05) is 55.5 Å². The van der Waals surface area contributed by atoms with E-state index in [-0.39, 0.29) is 0 Å². The van der Waals surface area contributed by atoms with Crippen LogP contribution in [0.3, 0.4) is 0 Å². The third-order valence-corrected chi connectivity index (χ3v) is 2.98. The molecule has 0 atom stereocenters. The van der Waals surface area contributed by atoms with E-state index in [1.54, 1.807) is 0 Å². The smallest absolute Gasteiger partial charge is 0.161 e. The summed E-state index contributed by atoms with van der Waals surface area (Å²) < 4.78 is 16.9. The highest BCUT2D eigenvalue weighted by Crippen LogP contribution is 2.26. The van der Waals surface area contributed by atoms with Crippen molar-refractivity contribution in [3.63, 3.8) is 0 Å². The van der Waals surface area contributed by atoms with Gasteiger partial charge in [-0.1, -0.05) is 29.8 Å². The van der Waals surface area contributed by atoms with Gasteiger partial charge in [-0.05, 0) is 38.1 Å². The standard InChI is InChI=1S/C18H22O3/c1-3-19-17-7-4-5-8-18(17)21-14-6-13-20-16-11-9-15(2)10-12-16/h4-5,7-12H,3,6,13-14H2,1-2H3. The van der Waals surface area contributed by atoms with E-state index in [0.29, 0.717) is 19.8 Å². The van der Waals surface area contributed by atoms with Crippen LogP contribution in [0.4, 0.5) is 0 Å². The molecule has 0 aliphatic heterocycles. The molecule has 0 spiro atoms. The van der Waals surface area contributed by atoms with Crippen molar-refractivity contribution in [1.29, 1.82) is 0 Å². The Morgan fingerprint density at radius 3 is 2.05 bits per heavy atom. The van der Waals surface area contributed by atoms with Crippen LogP contribution in [-0.4, -0.2) is 19.8 Å². The molecule has 2 aromatic rings. The van der Waals surface area contributed by atoms with Crippen LogP contribution in [0.15, 0.2) is 48.5 Å². The van der Waals surface area contributed by atoms with Crippen molar-refractivity contribution >= 4 is 0 Å². The summed E-state index contributed by atoms with van der Waals surface area (Å²) in [6, 6.07) is 15.8. The molecule has 21 heavy (non-hydrogen) atoms. The normalized spacial score (nSPS) is 10.2. The molecule has 0 bridgehead atoms. The lowest BCUT2D eigenvalue weighted by Crippen LogP contribution is -2.06. The van der Waals surface area contributed by atoms with Crippen LogP contribution >= 0.6 is 0 Å². The molecule has 0 amide bonds. The topological polar surface area (TPSA) is 27.7 Å². The predicted molar refractivity (Wildman–Crippen MR) is 84.4 cm³/mol. The van der Waals surface area contributed by atoms with E-state index in [9.17, 15) is 0 Å². The Morgan fingerprint density at radius 2 is 1.38 bits per heavy atom. The molecule has 0 aromatic heterocycles. The zero-order valence-corrected chi connectivity index (χ0v) is 12.7. The second kappa shape index (κ2) is 8.20. The third-order valence-electron chi connectivity index (χ3n) is 2.98. The second-order valence-corrected chi connectivity index (χ2v) is 4.74. The zero-order chi connectivity index (χ0) is 14.9. The van der Waals surface area contributed by atoms with Crippen LogP contribution in [0.25, 0.3) is 0 Å². The molecule has 3 nitrogen and oxygen atoms in total. The van der Waals surface area contributed by atoms with Crippen molar-refractivity contribution in [2.45, 2.75) is 20.3 Å². The van der Waals surface area contributed by atoms with Gasteiger partial charge in [0.25, 0.3) is 0 Å². The Bertz CT molecular complexity index is 534. The molecule has 2 rings (SSSR count). The van der Waals surface area contributed by atoms with Gasteiger partial charge in [-0.2, -0.15) is 0 Å². The minimum atomic E-state index is 0.607. The van der Waals surface area contributed by atoms with E-state index in [0.717, 1.165) is 23.7 Å². The first-order chi connectivity index (χ1) is 10.3. The van der Waals surface area contributed by atoms with Gasteiger partial charge in [0.2, 0.25) is 0 Å². The highest BCUT2D eigenvalue weighted by molar-refractivity contribution is 5.39. The number of rotatable bonds is 8. The highest BCUT2D eigenvalue weighted by atomic mass is 16.5. The summed E-state index contributed by atoms with van der Waals surface area (Å²) in [5.41, 5.74) is 1.23. The van der Waals surface area contributed by atoms with Crippen LogP contribution in [-0.2, 0) is 0 Å². The fourth-order valence-corrected chi connectivity index (χ4v) is 1.91. The maximum atomic E-state index is 5.74. The van der Waals surface area contributed by atoms with Gasteiger partial charge in [0, 0.05) is 6.42 Å². The number of benzene rings is 2. The Morgan fingerprint density at radius 1 is 0.762 bits per heavy atom. The summed E-state index contributed by atoms with van der Waals surface area (Å²) >= 11 is 0. The Hall–Kier alpha value is -2.16. The lowest BCUT2D eigenvalue weighted by molar-refractivity contribution is 0.236. The predicted octanol–water partition coefficient (Wildman–Crippen LogP) is 4.24. The zero-order valence-electron chi connectivity index (χ0n) is 12.7. The third kappa shape index (κ3) is 5.03.